The highest BCUT2D eigenvalue weighted by Crippen LogP contribution is 2.04. The van der Waals surface area contributed by atoms with Gasteiger partial charge in [-0.15, -0.1) is 0 Å². The van der Waals surface area contributed by atoms with E-state index in [0.717, 1.165) is 6.54 Å². The molecule has 0 unspecified atom stereocenters. The van der Waals surface area contributed by atoms with Crippen molar-refractivity contribution in [2.45, 2.75) is 31.8 Å². The van der Waals surface area contributed by atoms with E-state index in [-0.39, 0.29) is 0 Å². The molecule has 54 valence electrons. The molecule has 0 aromatic heterocycles. The average Bonchev–Trinajstić information content (AvgIpc) is 2.63. The van der Waals surface area contributed by atoms with E-state index in [1.165, 1.54) is 25.7 Å². The highest BCUT2D eigenvalue weighted by atomic mass is 15.6. The molecule has 0 atom stereocenters. The Morgan fingerprint density at radius 3 is 2.44 bits per heavy atom. The summed E-state index contributed by atoms with van der Waals surface area (Å²) in [6, 6.07) is 0. The van der Waals surface area contributed by atoms with Gasteiger partial charge in [-0.25, -0.2) is 10.9 Å². The van der Waals surface area contributed by atoms with E-state index in [1.54, 1.807) is 0 Å². The van der Waals surface area contributed by atoms with Gasteiger partial charge in [0.15, 0.2) is 0 Å². The zero-order valence-corrected chi connectivity index (χ0v) is 5.69. The summed E-state index contributed by atoms with van der Waals surface area (Å²) in [5, 5.41) is 0. The lowest BCUT2D eigenvalue weighted by Crippen LogP contribution is -1.99. The fourth-order valence-electron chi connectivity index (χ4n) is 0.873. The number of unbranched alkanes of at least 4 members (excludes halogenated alkanes) is 2. The van der Waals surface area contributed by atoms with Crippen molar-refractivity contribution >= 4 is 0 Å². The molecular weight excluding hydrogens is 114 g/mol. The first kappa shape index (κ1) is 6.99. The van der Waals surface area contributed by atoms with Crippen molar-refractivity contribution in [2.75, 3.05) is 6.54 Å². The molecule has 0 saturated carbocycles. The number of hydrogen-bond acceptors (Lipinski definition) is 3. The van der Waals surface area contributed by atoms with Crippen LogP contribution >= 0.6 is 0 Å². The Hall–Kier alpha value is -0.120. The largest absolute Gasteiger partial charge is 0.330 e. The van der Waals surface area contributed by atoms with Crippen LogP contribution in [0.1, 0.15) is 25.7 Å². The van der Waals surface area contributed by atoms with E-state index in [0.29, 0.717) is 6.17 Å². The van der Waals surface area contributed by atoms with Gasteiger partial charge in [0, 0.05) is 0 Å². The molecule has 1 aliphatic heterocycles. The maximum Gasteiger partial charge on any atom is 0.0833 e. The first-order valence-corrected chi connectivity index (χ1v) is 3.64. The summed E-state index contributed by atoms with van der Waals surface area (Å²) in [6.07, 6.45) is 5.60. The fourth-order valence-corrected chi connectivity index (χ4v) is 0.873. The third kappa shape index (κ3) is 3.46. The minimum atomic E-state index is 0.614. The zero-order valence-electron chi connectivity index (χ0n) is 5.69. The third-order valence-electron chi connectivity index (χ3n) is 1.55. The molecule has 0 radical (unpaired) electrons. The Morgan fingerprint density at radius 2 is 1.89 bits per heavy atom. The molecule has 3 nitrogen and oxygen atoms in total. The Morgan fingerprint density at radius 1 is 1.11 bits per heavy atom. The van der Waals surface area contributed by atoms with Crippen LogP contribution in [0.5, 0.6) is 0 Å². The quantitative estimate of drug-likeness (QED) is 0.360. The second-order valence-corrected chi connectivity index (χ2v) is 2.48. The lowest BCUT2D eigenvalue weighted by Gasteiger charge is -1.94. The molecule has 0 aliphatic carbocycles. The van der Waals surface area contributed by atoms with Crippen LogP contribution in [0, 0.1) is 0 Å². The maximum absolute atomic E-state index is 5.33. The molecule has 9 heavy (non-hydrogen) atoms. The SMILES string of the molecule is NCCCCCC1NN1. The van der Waals surface area contributed by atoms with Gasteiger partial charge in [0.05, 0.1) is 6.17 Å². The molecule has 0 amide bonds. The van der Waals surface area contributed by atoms with Gasteiger partial charge in [-0.2, -0.15) is 0 Å². The molecular formula is C6H15N3. The van der Waals surface area contributed by atoms with E-state index in [2.05, 4.69) is 10.9 Å². The molecule has 0 aromatic rings. The summed E-state index contributed by atoms with van der Waals surface area (Å²) in [7, 11) is 0. The molecule has 0 spiro atoms. The summed E-state index contributed by atoms with van der Waals surface area (Å²) in [5.41, 5.74) is 11.4. The molecule has 0 aromatic carbocycles. The molecule has 1 aliphatic rings. The van der Waals surface area contributed by atoms with E-state index < -0.39 is 0 Å². The first-order valence-electron chi connectivity index (χ1n) is 3.64. The predicted molar refractivity (Wildman–Crippen MR) is 37.6 cm³/mol. The van der Waals surface area contributed by atoms with E-state index in [1.807, 2.05) is 0 Å². The lowest BCUT2D eigenvalue weighted by molar-refractivity contribution is 0.635. The maximum atomic E-state index is 5.33. The van der Waals surface area contributed by atoms with Crippen LogP contribution in [0.4, 0.5) is 0 Å². The smallest absolute Gasteiger partial charge is 0.0833 e. The van der Waals surface area contributed by atoms with Crippen molar-refractivity contribution < 1.29 is 0 Å². The Kier molecular flexibility index (Phi) is 2.97. The number of nitrogens with two attached hydrogens (primary N) is 1. The molecule has 4 N–H and O–H groups in total. The molecule has 1 rings (SSSR count). The topological polar surface area (TPSA) is 69.9 Å². The van der Waals surface area contributed by atoms with Crippen molar-refractivity contribution in [3.8, 4) is 0 Å². The normalized spacial score (nSPS) is 18.3. The highest BCUT2D eigenvalue weighted by Gasteiger charge is 2.16. The summed E-state index contributed by atoms with van der Waals surface area (Å²) in [6.45, 7) is 0.839. The Balaban J connectivity index is 1.71. The highest BCUT2D eigenvalue weighted by molar-refractivity contribution is 4.70. The van der Waals surface area contributed by atoms with Crippen LogP contribution in [0.3, 0.4) is 0 Å². The standard InChI is InChI=1S/C6H15N3/c7-5-3-1-2-4-6-8-9-6/h6,8-9H,1-5,7H2. The van der Waals surface area contributed by atoms with Crippen molar-refractivity contribution in [3.05, 3.63) is 0 Å². The molecule has 1 fully saturated rings. The Bertz CT molecular complexity index is 70.7. The van der Waals surface area contributed by atoms with Gasteiger partial charge in [-0.3, -0.25) is 0 Å². The number of hydrazine groups is 1. The van der Waals surface area contributed by atoms with Gasteiger partial charge < -0.3 is 5.73 Å². The van der Waals surface area contributed by atoms with E-state index in [4.69, 9.17) is 5.73 Å². The van der Waals surface area contributed by atoms with Gasteiger partial charge in [-0.05, 0) is 19.4 Å². The molecule has 0 bridgehead atoms. The predicted octanol–water partition coefficient (Wildman–Crippen LogP) is -0.0606. The molecule has 1 heterocycles. The van der Waals surface area contributed by atoms with Gasteiger partial charge in [0.2, 0.25) is 0 Å². The second kappa shape index (κ2) is 3.82. The van der Waals surface area contributed by atoms with Crippen LogP contribution < -0.4 is 16.6 Å². The number of hydrogen-bond donors (Lipinski definition) is 3. The van der Waals surface area contributed by atoms with Crippen molar-refractivity contribution in [1.82, 2.24) is 10.9 Å². The summed E-state index contributed by atoms with van der Waals surface area (Å²) < 4.78 is 0. The van der Waals surface area contributed by atoms with Crippen LogP contribution in [-0.4, -0.2) is 12.7 Å². The van der Waals surface area contributed by atoms with Crippen molar-refractivity contribution in [3.63, 3.8) is 0 Å². The number of nitrogens with one attached hydrogen (secondary N) is 2. The van der Waals surface area contributed by atoms with E-state index in [9.17, 15) is 0 Å². The van der Waals surface area contributed by atoms with Gasteiger partial charge >= 0.3 is 0 Å². The fraction of sp³-hybridized carbons (Fsp3) is 1.00. The minimum Gasteiger partial charge on any atom is -0.330 e. The zero-order chi connectivity index (χ0) is 6.53. The van der Waals surface area contributed by atoms with Crippen LogP contribution in [0.25, 0.3) is 0 Å². The lowest BCUT2D eigenvalue weighted by atomic mass is 10.2. The summed E-state index contributed by atoms with van der Waals surface area (Å²) in [5.74, 6) is 0. The van der Waals surface area contributed by atoms with Crippen LogP contribution in [0.2, 0.25) is 0 Å². The monoisotopic (exact) mass is 129 g/mol. The van der Waals surface area contributed by atoms with Crippen molar-refractivity contribution in [1.29, 1.82) is 0 Å². The van der Waals surface area contributed by atoms with Crippen LogP contribution in [0.15, 0.2) is 0 Å². The average molecular weight is 129 g/mol. The van der Waals surface area contributed by atoms with E-state index >= 15 is 0 Å². The van der Waals surface area contributed by atoms with Crippen molar-refractivity contribution in [2.24, 2.45) is 5.73 Å². The Labute approximate surface area is 56.0 Å². The third-order valence-corrected chi connectivity index (χ3v) is 1.55. The molecule has 1 saturated heterocycles. The second-order valence-electron chi connectivity index (χ2n) is 2.48. The summed E-state index contributed by atoms with van der Waals surface area (Å²) >= 11 is 0. The summed E-state index contributed by atoms with van der Waals surface area (Å²) in [4.78, 5) is 0. The van der Waals surface area contributed by atoms with Crippen LogP contribution in [-0.2, 0) is 0 Å². The molecule has 3 heteroatoms. The minimum absolute atomic E-state index is 0.614. The van der Waals surface area contributed by atoms with Gasteiger partial charge in [0.1, 0.15) is 0 Å². The van der Waals surface area contributed by atoms with Gasteiger partial charge in [0.25, 0.3) is 0 Å². The first-order chi connectivity index (χ1) is 4.43. The van der Waals surface area contributed by atoms with Gasteiger partial charge in [-0.1, -0.05) is 12.8 Å². The number of rotatable bonds is 5.